The molecule has 0 fully saturated rings. The van der Waals surface area contributed by atoms with Crippen LogP contribution in [-0.4, -0.2) is 15.9 Å². The Morgan fingerprint density at radius 2 is 2.17 bits per heavy atom. The van der Waals surface area contributed by atoms with Crippen molar-refractivity contribution in [2.75, 3.05) is 0 Å². The highest BCUT2D eigenvalue weighted by molar-refractivity contribution is 9.10. The summed E-state index contributed by atoms with van der Waals surface area (Å²) < 4.78 is 2.28. The summed E-state index contributed by atoms with van der Waals surface area (Å²) in [5.74, 6) is 0.692. The largest absolute Gasteiger partial charge is 0.282 e. The molecule has 0 saturated heterocycles. The molecule has 0 aliphatic rings. The summed E-state index contributed by atoms with van der Waals surface area (Å²) >= 11 is 5.05. The molecule has 0 unspecified atom stereocenters. The third-order valence-corrected chi connectivity index (χ3v) is 4.84. The van der Waals surface area contributed by atoms with Crippen molar-refractivity contribution < 1.29 is 0 Å². The van der Waals surface area contributed by atoms with E-state index in [2.05, 4.69) is 32.9 Å². The van der Waals surface area contributed by atoms with Crippen LogP contribution in [-0.2, 0) is 6.42 Å². The van der Waals surface area contributed by atoms with Gasteiger partial charge in [0.2, 0.25) is 0 Å². The van der Waals surface area contributed by atoms with Gasteiger partial charge in [-0.3, -0.25) is 4.79 Å². The van der Waals surface area contributed by atoms with Gasteiger partial charge < -0.3 is 0 Å². The molecule has 0 aliphatic heterocycles. The van der Waals surface area contributed by atoms with Gasteiger partial charge in [0.05, 0.1) is 17.1 Å². The Bertz CT molecular complexity index is 943. The third kappa shape index (κ3) is 3.43. The molecule has 0 aliphatic carbocycles. The number of hydrogen-bond donors (Lipinski definition) is 0. The number of aryl methyl sites for hydroxylation is 2. The van der Waals surface area contributed by atoms with Crippen molar-refractivity contribution in [3.05, 3.63) is 60.7 Å². The van der Waals surface area contributed by atoms with Gasteiger partial charge in [-0.2, -0.15) is 9.78 Å². The van der Waals surface area contributed by atoms with Gasteiger partial charge in [0.1, 0.15) is 5.82 Å². The van der Waals surface area contributed by atoms with Gasteiger partial charge >= 0.3 is 0 Å². The summed E-state index contributed by atoms with van der Waals surface area (Å²) in [7, 11) is 0. The Morgan fingerprint density at radius 3 is 2.87 bits per heavy atom. The van der Waals surface area contributed by atoms with E-state index in [0.29, 0.717) is 23.1 Å². The Labute approximate surface area is 146 Å². The van der Waals surface area contributed by atoms with E-state index < -0.39 is 0 Å². The van der Waals surface area contributed by atoms with Crippen molar-refractivity contribution in [3.8, 4) is 0 Å². The summed E-state index contributed by atoms with van der Waals surface area (Å²) in [5, 5.41) is 4.97. The van der Waals surface area contributed by atoms with Crippen molar-refractivity contribution >= 4 is 44.4 Å². The minimum Gasteiger partial charge on any atom is -0.267 e. The molecule has 2 aromatic heterocycles. The van der Waals surface area contributed by atoms with Crippen LogP contribution in [0.4, 0.5) is 0 Å². The van der Waals surface area contributed by atoms with Gasteiger partial charge in [-0.1, -0.05) is 22.9 Å². The third-order valence-electron chi connectivity index (χ3n) is 3.41. The monoisotopic (exact) mass is 389 g/mol. The second-order valence-electron chi connectivity index (χ2n) is 5.25. The van der Waals surface area contributed by atoms with E-state index in [0.717, 1.165) is 15.8 Å². The lowest BCUT2D eigenvalue weighted by Crippen LogP contribution is -2.22. The molecule has 0 bridgehead atoms. The fourth-order valence-electron chi connectivity index (χ4n) is 2.34. The van der Waals surface area contributed by atoms with Gasteiger partial charge in [-0.25, -0.2) is 4.98 Å². The van der Waals surface area contributed by atoms with E-state index >= 15 is 0 Å². The summed E-state index contributed by atoms with van der Waals surface area (Å²) in [4.78, 5) is 19.6. The standard InChI is InChI=1S/C17H16BrN3OS/c1-3-4-16-20-15-8-6-12(18)9-14(15)17(22)21(16)19-10-13-7-5-11(2)23-13/h5-10H,3-4H2,1-2H3. The number of halogens is 1. The average molecular weight is 390 g/mol. The zero-order chi connectivity index (χ0) is 16.4. The second kappa shape index (κ2) is 6.76. The first kappa shape index (κ1) is 16.1. The van der Waals surface area contributed by atoms with Crippen molar-refractivity contribution in [1.82, 2.24) is 9.66 Å². The van der Waals surface area contributed by atoms with Crippen molar-refractivity contribution in [3.63, 3.8) is 0 Å². The normalized spacial score (nSPS) is 11.6. The van der Waals surface area contributed by atoms with E-state index in [1.165, 1.54) is 9.55 Å². The fraction of sp³-hybridized carbons (Fsp3) is 0.235. The van der Waals surface area contributed by atoms with Crippen molar-refractivity contribution in [1.29, 1.82) is 0 Å². The summed E-state index contributed by atoms with van der Waals surface area (Å²) in [6.07, 6.45) is 3.34. The molecule has 0 amide bonds. The lowest BCUT2D eigenvalue weighted by molar-refractivity contribution is 0.704. The maximum atomic E-state index is 12.8. The highest BCUT2D eigenvalue weighted by atomic mass is 79.9. The summed E-state index contributed by atoms with van der Waals surface area (Å²) in [5.41, 5.74) is 0.573. The minimum atomic E-state index is -0.135. The first-order valence-electron chi connectivity index (χ1n) is 7.40. The Morgan fingerprint density at radius 1 is 1.35 bits per heavy atom. The van der Waals surface area contributed by atoms with Crippen molar-refractivity contribution in [2.24, 2.45) is 5.10 Å². The van der Waals surface area contributed by atoms with Crippen molar-refractivity contribution in [2.45, 2.75) is 26.7 Å². The molecule has 0 N–H and O–H groups in total. The molecular formula is C17H16BrN3OS. The number of rotatable bonds is 4. The Balaban J connectivity index is 2.16. The number of thiophene rings is 1. The number of fused-ring (bicyclic) bond motifs is 1. The van der Waals surface area contributed by atoms with Crippen LogP contribution in [0.15, 0.2) is 44.7 Å². The molecule has 6 heteroatoms. The first-order valence-corrected chi connectivity index (χ1v) is 9.01. The molecule has 1 aromatic carbocycles. The van der Waals surface area contributed by atoms with Gasteiger partial charge in [-0.15, -0.1) is 11.3 Å². The fourth-order valence-corrected chi connectivity index (χ4v) is 3.44. The van der Waals surface area contributed by atoms with Gasteiger partial charge in [0, 0.05) is 20.6 Å². The zero-order valence-corrected chi connectivity index (χ0v) is 15.3. The van der Waals surface area contributed by atoms with E-state index in [1.807, 2.05) is 31.2 Å². The average Bonchev–Trinajstić information content (AvgIpc) is 2.94. The molecule has 3 rings (SSSR count). The van der Waals surface area contributed by atoms with Crippen LogP contribution in [0, 0.1) is 6.92 Å². The predicted molar refractivity (Wildman–Crippen MR) is 99.7 cm³/mol. The molecule has 23 heavy (non-hydrogen) atoms. The van der Waals surface area contributed by atoms with E-state index in [-0.39, 0.29) is 5.56 Å². The highest BCUT2D eigenvalue weighted by Gasteiger charge is 2.10. The molecule has 2 heterocycles. The zero-order valence-electron chi connectivity index (χ0n) is 12.9. The number of hydrogen-bond acceptors (Lipinski definition) is 4. The number of nitrogens with zero attached hydrogens (tertiary/aromatic N) is 3. The van der Waals surface area contributed by atoms with Crippen LogP contribution in [0.25, 0.3) is 10.9 Å². The number of benzene rings is 1. The second-order valence-corrected chi connectivity index (χ2v) is 7.48. The topological polar surface area (TPSA) is 47.2 Å². The molecule has 118 valence electrons. The lowest BCUT2D eigenvalue weighted by atomic mass is 10.2. The van der Waals surface area contributed by atoms with Crippen LogP contribution in [0.2, 0.25) is 0 Å². The molecule has 0 atom stereocenters. The molecule has 0 saturated carbocycles. The first-order chi connectivity index (χ1) is 11.1. The van der Waals surface area contributed by atoms with Gasteiger partial charge in [0.15, 0.2) is 0 Å². The quantitative estimate of drug-likeness (QED) is 0.622. The highest BCUT2D eigenvalue weighted by Crippen LogP contribution is 2.17. The summed E-state index contributed by atoms with van der Waals surface area (Å²) in [6.45, 7) is 4.11. The number of aromatic nitrogens is 2. The Hall–Kier alpha value is -1.79. The smallest absolute Gasteiger partial charge is 0.267 e. The molecular weight excluding hydrogens is 374 g/mol. The van der Waals surface area contributed by atoms with E-state index in [1.54, 1.807) is 23.6 Å². The van der Waals surface area contributed by atoms with Gasteiger partial charge in [-0.05, 0) is 43.7 Å². The van der Waals surface area contributed by atoms with E-state index in [4.69, 9.17) is 0 Å². The van der Waals surface area contributed by atoms with Crippen LogP contribution >= 0.6 is 27.3 Å². The maximum Gasteiger partial charge on any atom is 0.282 e. The molecule has 0 radical (unpaired) electrons. The Kier molecular flexibility index (Phi) is 4.73. The molecule has 3 aromatic rings. The van der Waals surface area contributed by atoms with Crippen LogP contribution in [0.3, 0.4) is 0 Å². The SMILES string of the molecule is CCCc1nc2ccc(Br)cc2c(=O)n1N=Cc1ccc(C)s1. The van der Waals surface area contributed by atoms with Crippen LogP contribution in [0.5, 0.6) is 0 Å². The summed E-state index contributed by atoms with van der Waals surface area (Å²) in [6, 6.07) is 9.58. The van der Waals surface area contributed by atoms with E-state index in [9.17, 15) is 4.79 Å². The minimum absolute atomic E-state index is 0.135. The molecule has 4 nitrogen and oxygen atoms in total. The van der Waals surface area contributed by atoms with Crippen LogP contribution in [0.1, 0.15) is 28.9 Å². The predicted octanol–water partition coefficient (Wildman–Crippen LogP) is 4.36. The van der Waals surface area contributed by atoms with Gasteiger partial charge in [0.25, 0.3) is 5.56 Å². The lowest BCUT2D eigenvalue weighted by Gasteiger charge is -2.08. The molecule has 0 spiro atoms. The van der Waals surface area contributed by atoms with Crippen LogP contribution < -0.4 is 5.56 Å². The maximum absolute atomic E-state index is 12.8.